The lowest BCUT2D eigenvalue weighted by molar-refractivity contribution is 0.0384. The Morgan fingerprint density at radius 1 is 1.24 bits per heavy atom. The van der Waals surface area contributed by atoms with Crippen LogP contribution in [0.5, 0.6) is 0 Å². The minimum absolute atomic E-state index is 0. The van der Waals surface area contributed by atoms with E-state index >= 15 is 0 Å². The van der Waals surface area contributed by atoms with Gasteiger partial charge < -0.3 is 4.74 Å². The maximum absolute atomic E-state index is 5.96. The molecule has 3 rings (SSSR count). The number of hydrogen-bond acceptors (Lipinski definition) is 5. The lowest BCUT2D eigenvalue weighted by Gasteiger charge is -2.38. The molecule has 0 bridgehead atoms. The first-order chi connectivity index (χ1) is 13.3. The number of thiazole rings is 1. The summed E-state index contributed by atoms with van der Waals surface area (Å²) in [7, 11) is 0. The second-order valence-electron chi connectivity index (χ2n) is 8.81. The Balaban J connectivity index is 0.00000300. The molecule has 1 aliphatic rings. The Hall–Kier alpha value is -1.01. The number of aryl methyl sites for hydroxylation is 4. The lowest BCUT2D eigenvalue weighted by atomic mass is 9.83. The van der Waals surface area contributed by atoms with Crippen molar-refractivity contribution < 1.29 is 4.74 Å². The molecular formula is C23H36ClN3OS. The van der Waals surface area contributed by atoms with E-state index in [1.54, 1.807) is 0 Å². The van der Waals surface area contributed by atoms with E-state index < -0.39 is 0 Å². The molecule has 0 spiro atoms. The Labute approximate surface area is 186 Å². The Bertz CT molecular complexity index is 770. The minimum Gasteiger partial charge on any atom is -0.381 e. The van der Waals surface area contributed by atoms with Crippen molar-refractivity contribution in [3.05, 3.63) is 45.2 Å². The molecule has 6 heteroatoms. The summed E-state index contributed by atoms with van der Waals surface area (Å²) in [6.07, 6.45) is 5.41. The zero-order valence-electron chi connectivity index (χ0n) is 18.7. The number of rotatable bonds is 8. The maximum Gasteiger partial charge on any atom is 0.0931 e. The molecule has 2 aromatic heterocycles. The van der Waals surface area contributed by atoms with Crippen LogP contribution in [0, 0.1) is 26.2 Å². The van der Waals surface area contributed by atoms with Gasteiger partial charge in [0.25, 0.3) is 0 Å². The van der Waals surface area contributed by atoms with Gasteiger partial charge in [-0.3, -0.25) is 9.88 Å². The number of halogens is 1. The molecule has 29 heavy (non-hydrogen) atoms. The monoisotopic (exact) mass is 437 g/mol. The molecule has 0 unspecified atom stereocenters. The normalized spacial score (nSPS) is 20.1. The van der Waals surface area contributed by atoms with Crippen molar-refractivity contribution in [2.75, 3.05) is 26.3 Å². The van der Waals surface area contributed by atoms with E-state index in [-0.39, 0.29) is 23.4 Å². The SMILES string of the molecule is CCOC[C@]1(CCc2nc(C)c(C)s2)CCN(C(C)(C)c2ccc(C)nc2)C1.Cl. The van der Waals surface area contributed by atoms with Gasteiger partial charge >= 0.3 is 0 Å². The number of pyridine rings is 1. The zero-order valence-corrected chi connectivity index (χ0v) is 20.4. The third-order valence-corrected chi connectivity index (χ3v) is 7.53. The minimum atomic E-state index is -0.0248. The molecule has 0 amide bonds. The fourth-order valence-corrected chi connectivity index (χ4v) is 5.09. The molecule has 0 saturated carbocycles. The fourth-order valence-electron chi connectivity index (χ4n) is 4.16. The van der Waals surface area contributed by atoms with Gasteiger partial charge in [0.1, 0.15) is 0 Å². The first kappa shape index (κ1) is 24.3. The van der Waals surface area contributed by atoms with Crippen molar-refractivity contribution in [3.63, 3.8) is 0 Å². The molecule has 0 aliphatic carbocycles. The van der Waals surface area contributed by atoms with Gasteiger partial charge in [-0.25, -0.2) is 4.98 Å². The first-order valence-corrected chi connectivity index (χ1v) is 11.3. The molecule has 0 N–H and O–H groups in total. The second-order valence-corrected chi connectivity index (χ2v) is 10.1. The molecule has 2 aromatic rings. The van der Waals surface area contributed by atoms with Crippen molar-refractivity contribution in [1.29, 1.82) is 0 Å². The van der Waals surface area contributed by atoms with Gasteiger partial charge in [-0.1, -0.05) is 6.07 Å². The summed E-state index contributed by atoms with van der Waals surface area (Å²) in [5.74, 6) is 0. The van der Waals surface area contributed by atoms with Crippen LogP contribution in [0.2, 0.25) is 0 Å². The molecule has 3 heterocycles. The Kier molecular flexibility index (Phi) is 8.25. The lowest BCUT2D eigenvalue weighted by Crippen LogP contribution is -2.42. The van der Waals surface area contributed by atoms with Crippen molar-refractivity contribution >= 4 is 23.7 Å². The largest absolute Gasteiger partial charge is 0.381 e. The van der Waals surface area contributed by atoms with Crippen LogP contribution in [0.3, 0.4) is 0 Å². The molecule has 1 saturated heterocycles. The average Bonchev–Trinajstić information content (AvgIpc) is 3.23. The summed E-state index contributed by atoms with van der Waals surface area (Å²) in [6.45, 7) is 16.8. The van der Waals surface area contributed by atoms with Crippen molar-refractivity contribution in [2.24, 2.45) is 5.41 Å². The number of likely N-dealkylation sites (tertiary alicyclic amines) is 1. The molecule has 1 fully saturated rings. The van der Waals surface area contributed by atoms with E-state index in [2.05, 4.69) is 56.6 Å². The third-order valence-electron chi connectivity index (χ3n) is 6.40. The van der Waals surface area contributed by atoms with Gasteiger partial charge in [0.2, 0.25) is 0 Å². The average molecular weight is 438 g/mol. The van der Waals surface area contributed by atoms with Gasteiger partial charge in [-0.15, -0.1) is 23.7 Å². The van der Waals surface area contributed by atoms with Crippen LogP contribution in [0.1, 0.15) is 60.4 Å². The molecule has 0 radical (unpaired) electrons. The van der Waals surface area contributed by atoms with E-state index in [0.717, 1.165) is 44.8 Å². The smallest absolute Gasteiger partial charge is 0.0931 e. The summed E-state index contributed by atoms with van der Waals surface area (Å²) in [4.78, 5) is 13.3. The molecule has 162 valence electrons. The second kappa shape index (κ2) is 9.86. The molecule has 1 atom stereocenters. The van der Waals surface area contributed by atoms with E-state index in [1.165, 1.54) is 27.6 Å². The number of ether oxygens (including phenoxy) is 1. The standard InChI is InChI=1S/C23H35N3OS.ClH/c1-7-27-16-23(11-10-21-25-18(3)19(4)28-21)12-13-26(15-23)22(5,6)20-9-8-17(2)24-14-20;/h8-9,14H,7,10-13,15-16H2,1-6H3;1H/t23-;/m1./s1. The predicted octanol–water partition coefficient (Wildman–Crippen LogP) is 5.48. The van der Waals surface area contributed by atoms with Crippen LogP contribution in [0.4, 0.5) is 0 Å². The Morgan fingerprint density at radius 2 is 2.00 bits per heavy atom. The van der Waals surface area contributed by atoms with Gasteiger partial charge in [-0.2, -0.15) is 0 Å². The molecule has 0 aromatic carbocycles. The summed E-state index contributed by atoms with van der Waals surface area (Å²) < 4.78 is 5.96. The quantitative estimate of drug-likeness (QED) is 0.547. The zero-order chi connectivity index (χ0) is 20.4. The summed E-state index contributed by atoms with van der Waals surface area (Å²) >= 11 is 1.85. The molecule has 4 nitrogen and oxygen atoms in total. The first-order valence-electron chi connectivity index (χ1n) is 10.4. The van der Waals surface area contributed by atoms with Crippen LogP contribution in [-0.4, -0.2) is 41.2 Å². The van der Waals surface area contributed by atoms with E-state index in [1.807, 2.05) is 24.5 Å². The van der Waals surface area contributed by atoms with Gasteiger partial charge in [0.05, 0.1) is 17.3 Å². The van der Waals surface area contributed by atoms with Crippen molar-refractivity contribution in [1.82, 2.24) is 14.9 Å². The topological polar surface area (TPSA) is 38.2 Å². The number of aromatic nitrogens is 2. The van der Waals surface area contributed by atoms with Crippen LogP contribution >= 0.6 is 23.7 Å². The van der Waals surface area contributed by atoms with Crippen molar-refractivity contribution in [3.8, 4) is 0 Å². The van der Waals surface area contributed by atoms with Crippen LogP contribution < -0.4 is 0 Å². The number of nitrogens with zero attached hydrogens (tertiary/aromatic N) is 3. The Morgan fingerprint density at radius 3 is 2.59 bits per heavy atom. The van der Waals surface area contributed by atoms with Crippen LogP contribution in [0.25, 0.3) is 0 Å². The highest BCUT2D eigenvalue weighted by atomic mass is 35.5. The summed E-state index contributed by atoms with van der Waals surface area (Å²) in [5, 5.41) is 1.27. The molecular weight excluding hydrogens is 402 g/mol. The summed E-state index contributed by atoms with van der Waals surface area (Å²) in [5.41, 5.74) is 3.72. The predicted molar refractivity (Wildman–Crippen MR) is 124 cm³/mol. The van der Waals surface area contributed by atoms with E-state index in [4.69, 9.17) is 9.72 Å². The summed E-state index contributed by atoms with van der Waals surface area (Å²) in [6, 6.07) is 4.35. The van der Waals surface area contributed by atoms with Crippen molar-refractivity contribution in [2.45, 2.75) is 66.3 Å². The van der Waals surface area contributed by atoms with Crippen LogP contribution in [-0.2, 0) is 16.7 Å². The van der Waals surface area contributed by atoms with Gasteiger partial charge in [-0.05, 0) is 79.0 Å². The number of hydrogen-bond donors (Lipinski definition) is 0. The molecule has 1 aliphatic heterocycles. The van der Waals surface area contributed by atoms with Crippen LogP contribution in [0.15, 0.2) is 18.3 Å². The maximum atomic E-state index is 5.96. The highest BCUT2D eigenvalue weighted by Crippen LogP contribution is 2.42. The van der Waals surface area contributed by atoms with Gasteiger partial charge in [0.15, 0.2) is 0 Å². The highest BCUT2D eigenvalue weighted by molar-refractivity contribution is 7.11. The third kappa shape index (κ3) is 5.57. The van der Waals surface area contributed by atoms with E-state index in [9.17, 15) is 0 Å². The fraction of sp³-hybridized carbons (Fsp3) is 0.652. The van der Waals surface area contributed by atoms with Gasteiger partial charge in [0, 0.05) is 40.9 Å². The highest BCUT2D eigenvalue weighted by Gasteiger charge is 2.43. The van der Waals surface area contributed by atoms with E-state index in [0.29, 0.717) is 0 Å².